The van der Waals surface area contributed by atoms with Gasteiger partial charge in [-0.3, -0.25) is 0 Å². The zero-order chi connectivity index (χ0) is 13.1. The third-order valence-corrected chi connectivity index (χ3v) is 2.83. The van der Waals surface area contributed by atoms with Gasteiger partial charge in [0.05, 0.1) is 11.6 Å². The van der Waals surface area contributed by atoms with Crippen molar-refractivity contribution in [2.75, 3.05) is 0 Å². The summed E-state index contributed by atoms with van der Waals surface area (Å²) in [5, 5.41) is 8.77. The van der Waals surface area contributed by atoms with Gasteiger partial charge in [0.25, 0.3) is 0 Å². The molecule has 3 rings (SSSR count). The second-order valence-corrected chi connectivity index (χ2v) is 4.09. The van der Waals surface area contributed by atoms with Gasteiger partial charge in [-0.2, -0.15) is 5.26 Å². The van der Waals surface area contributed by atoms with E-state index in [-0.39, 0.29) is 0 Å². The predicted molar refractivity (Wildman–Crippen MR) is 72.1 cm³/mol. The van der Waals surface area contributed by atoms with Crippen LogP contribution in [-0.2, 0) is 0 Å². The average molecular weight is 246 g/mol. The van der Waals surface area contributed by atoms with Gasteiger partial charge in [0.2, 0.25) is 5.89 Å². The van der Waals surface area contributed by atoms with E-state index in [0.717, 1.165) is 16.8 Å². The molecule has 0 unspecified atom stereocenters. The lowest BCUT2D eigenvalue weighted by molar-refractivity contribution is 0.575. The summed E-state index contributed by atoms with van der Waals surface area (Å²) in [5.74, 6) is 0.597. The largest absolute Gasteiger partial charge is 0.444 e. The lowest BCUT2D eigenvalue weighted by Crippen LogP contribution is -1.80. The average Bonchev–Trinajstić information content (AvgIpc) is 2.98. The Bertz CT molecular complexity index is 721. The molecule has 2 aromatic carbocycles. The first-order valence-electron chi connectivity index (χ1n) is 5.88. The lowest BCUT2D eigenvalue weighted by Gasteiger charge is -1.95. The van der Waals surface area contributed by atoms with E-state index >= 15 is 0 Å². The van der Waals surface area contributed by atoms with Crippen LogP contribution in [0.1, 0.15) is 5.56 Å². The normalized spacial score (nSPS) is 10.1. The Morgan fingerprint density at radius 3 is 2.32 bits per heavy atom. The molecular formula is C16H10N2O. The minimum Gasteiger partial charge on any atom is -0.444 e. The molecule has 1 aromatic heterocycles. The monoisotopic (exact) mass is 246 g/mol. The molecule has 0 N–H and O–H groups in total. The van der Waals surface area contributed by atoms with Gasteiger partial charge in [0, 0.05) is 11.1 Å². The maximum Gasteiger partial charge on any atom is 0.226 e. The molecule has 1 heterocycles. The maximum absolute atomic E-state index is 8.77. The number of nitrogens with zero attached hydrogens (tertiary/aromatic N) is 2. The molecule has 3 aromatic rings. The summed E-state index contributed by atoms with van der Waals surface area (Å²) in [4.78, 5) is 4.46. The van der Waals surface area contributed by atoms with Crippen LogP contribution in [0.3, 0.4) is 0 Å². The van der Waals surface area contributed by atoms with Crippen LogP contribution in [0.15, 0.2) is 65.3 Å². The van der Waals surface area contributed by atoms with E-state index in [0.29, 0.717) is 11.5 Å². The molecule has 0 spiro atoms. The van der Waals surface area contributed by atoms with Crippen molar-refractivity contribution < 1.29 is 4.42 Å². The van der Waals surface area contributed by atoms with E-state index in [1.54, 1.807) is 18.4 Å². The third kappa shape index (κ3) is 2.24. The number of oxazole rings is 1. The second-order valence-electron chi connectivity index (χ2n) is 4.09. The van der Waals surface area contributed by atoms with Gasteiger partial charge >= 0.3 is 0 Å². The van der Waals surface area contributed by atoms with Crippen molar-refractivity contribution in [1.82, 2.24) is 4.98 Å². The molecule has 0 aliphatic heterocycles. The van der Waals surface area contributed by atoms with E-state index in [1.807, 2.05) is 42.5 Å². The summed E-state index contributed by atoms with van der Waals surface area (Å²) in [6, 6.07) is 19.1. The van der Waals surface area contributed by atoms with Gasteiger partial charge in [-0.05, 0) is 24.3 Å². The molecule has 3 heteroatoms. The molecular weight excluding hydrogens is 236 g/mol. The van der Waals surface area contributed by atoms with Crippen LogP contribution >= 0.6 is 0 Å². The van der Waals surface area contributed by atoms with Gasteiger partial charge in [0.1, 0.15) is 12.0 Å². The van der Waals surface area contributed by atoms with Crippen LogP contribution in [0.2, 0.25) is 0 Å². The second kappa shape index (κ2) is 4.79. The van der Waals surface area contributed by atoms with E-state index in [2.05, 4.69) is 11.1 Å². The SMILES string of the molecule is N#Cc1ccc(-c2coc(-c3ccccc3)n2)cc1. The van der Waals surface area contributed by atoms with E-state index in [9.17, 15) is 0 Å². The molecule has 0 fully saturated rings. The zero-order valence-electron chi connectivity index (χ0n) is 10.1. The Labute approximate surface area is 110 Å². The summed E-state index contributed by atoms with van der Waals surface area (Å²) in [6.07, 6.45) is 1.63. The van der Waals surface area contributed by atoms with Gasteiger partial charge in [-0.25, -0.2) is 4.98 Å². The highest BCUT2D eigenvalue weighted by molar-refractivity contribution is 5.63. The first-order valence-corrected chi connectivity index (χ1v) is 5.88. The van der Waals surface area contributed by atoms with Crippen LogP contribution < -0.4 is 0 Å². The van der Waals surface area contributed by atoms with Crippen LogP contribution in [-0.4, -0.2) is 4.98 Å². The highest BCUT2D eigenvalue weighted by atomic mass is 16.3. The molecule has 0 amide bonds. The molecule has 0 aliphatic carbocycles. The number of hydrogen-bond acceptors (Lipinski definition) is 3. The maximum atomic E-state index is 8.77. The van der Waals surface area contributed by atoms with Crippen LogP contribution in [0.4, 0.5) is 0 Å². The predicted octanol–water partition coefficient (Wildman–Crippen LogP) is 3.88. The first-order chi connectivity index (χ1) is 9.36. The zero-order valence-corrected chi connectivity index (χ0v) is 10.1. The standard InChI is InChI=1S/C16H10N2O/c17-10-12-6-8-13(9-7-12)15-11-19-16(18-15)14-4-2-1-3-5-14/h1-9,11H. The number of rotatable bonds is 2. The van der Waals surface area contributed by atoms with E-state index in [4.69, 9.17) is 9.68 Å². The molecule has 0 radical (unpaired) electrons. The molecule has 0 atom stereocenters. The van der Waals surface area contributed by atoms with Crippen molar-refractivity contribution in [2.45, 2.75) is 0 Å². The lowest BCUT2D eigenvalue weighted by atomic mass is 10.1. The number of hydrogen-bond donors (Lipinski definition) is 0. The Balaban J connectivity index is 1.95. The van der Waals surface area contributed by atoms with Gasteiger partial charge in [-0.15, -0.1) is 0 Å². The summed E-state index contributed by atoms with van der Waals surface area (Å²) < 4.78 is 5.49. The van der Waals surface area contributed by atoms with Crippen molar-refractivity contribution in [2.24, 2.45) is 0 Å². The van der Waals surface area contributed by atoms with Gasteiger partial charge < -0.3 is 4.42 Å². The van der Waals surface area contributed by atoms with Crippen molar-refractivity contribution >= 4 is 0 Å². The third-order valence-electron chi connectivity index (χ3n) is 2.83. The summed E-state index contributed by atoms with van der Waals surface area (Å²) in [5.41, 5.74) is 3.28. The quantitative estimate of drug-likeness (QED) is 0.689. The topological polar surface area (TPSA) is 49.8 Å². The fourth-order valence-corrected chi connectivity index (χ4v) is 1.84. The van der Waals surface area contributed by atoms with Gasteiger partial charge in [0.15, 0.2) is 0 Å². The number of aromatic nitrogens is 1. The molecule has 0 bridgehead atoms. The Morgan fingerprint density at radius 2 is 1.63 bits per heavy atom. The highest BCUT2D eigenvalue weighted by Crippen LogP contribution is 2.24. The van der Waals surface area contributed by atoms with Crippen molar-refractivity contribution in [3.8, 4) is 28.8 Å². The van der Waals surface area contributed by atoms with Crippen molar-refractivity contribution in [3.63, 3.8) is 0 Å². The summed E-state index contributed by atoms with van der Waals surface area (Å²) in [7, 11) is 0. The van der Waals surface area contributed by atoms with Crippen LogP contribution in [0.25, 0.3) is 22.7 Å². The molecule has 0 saturated carbocycles. The fraction of sp³-hybridized carbons (Fsp3) is 0. The Hall–Kier alpha value is -2.86. The fourth-order valence-electron chi connectivity index (χ4n) is 1.84. The number of nitriles is 1. The first kappa shape index (κ1) is 11.2. The molecule has 3 nitrogen and oxygen atoms in total. The van der Waals surface area contributed by atoms with Crippen molar-refractivity contribution in [1.29, 1.82) is 5.26 Å². The van der Waals surface area contributed by atoms with E-state index in [1.165, 1.54) is 0 Å². The minimum absolute atomic E-state index is 0.597. The Kier molecular flexibility index (Phi) is 2.83. The molecule has 0 saturated heterocycles. The Morgan fingerprint density at radius 1 is 0.895 bits per heavy atom. The summed E-state index contributed by atoms with van der Waals surface area (Å²) >= 11 is 0. The van der Waals surface area contributed by atoms with E-state index < -0.39 is 0 Å². The van der Waals surface area contributed by atoms with Crippen LogP contribution in [0, 0.1) is 11.3 Å². The summed E-state index contributed by atoms with van der Waals surface area (Å²) in [6.45, 7) is 0. The van der Waals surface area contributed by atoms with Gasteiger partial charge in [-0.1, -0.05) is 30.3 Å². The minimum atomic E-state index is 0.597. The molecule has 19 heavy (non-hydrogen) atoms. The molecule has 90 valence electrons. The smallest absolute Gasteiger partial charge is 0.226 e. The molecule has 0 aliphatic rings. The highest BCUT2D eigenvalue weighted by Gasteiger charge is 2.07. The van der Waals surface area contributed by atoms with Crippen LogP contribution in [0.5, 0.6) is 0 Å². The van der Waals surface area contributed by atoms with Crippen molar-refractivity contribution in [3.05, 3.63) is 66.4 Å². The number of benzene rings is 2.